The van der Waals surface area contributed by atoms with E-state index in [2.05, 4.69) is 5.32 Å². The van der Waals surface area contributed by atoms with E-state index in [9.17, 15) is 9.59 Å². The van der Waals surface area contributed by atoms with Gasteiger partial charge in [-0.15, -0.1) is 0 Å². The van der Waals surface area contributed by atoms with Crippen LogP contribution in [0.1, 0.15) is 10.4 Å². The Morgan fingerprint density at radius 3 is 2.72 bits per heavy atom. The lowest BCUT2D eigenvalue weighted by Gasteiger charge is -2.19. The Balaban J connectivity index is 2.20. The van der Waals surface area contributed by atoms with E-state index in [1.165, 1.54) is 11.0 Å². The van der Waals surface area contributed by atoms with Crippen molar-refractivity contribution >= 4 is 17.5 Å². The van der Waals surface area contributed by atoms with Crippen LogP contribution in [0.25, 0.3) is 0 Å². The molecule has 1 aromatic carbocycles. The van der Waals surface area contributed by atoms with Gasteiger partial charge in [0.1, 0.15) is 6.73 Å². The fourth-order valence-corrected chi connectivity index (χ4v) is 1.65. The van der Waals surface area contributed by atoms with Gasteiger partial charge >= 0.3 is 0 Å². The molecule has 94 valence electrons. The second-order valence-corrected chi connectivity index (χ2v) is 3.79. The van der Waals surface area contributed by atoms with E-state index < -0.39 is 0 Å². The number of rotatable bonds is 2. The summed E-state index contributed by atoms with van der Waals surface area (Å²) in [4.78, 5) is 24.7. The summed E-state index contributed by atoms with van der Waals surface area (Å²) in [6.07, 6.45) is 3.17. The first-order chi connectivity index (χ1) is 8.72. The van der Waals surface area contributed by atoms with E-state index in [0.717, 1.165) is 0 Å². The van der Waals surface area contributed by atoms with Gasteiger partial charge in [0.05, 0.1) is 6.61 Å². The minimum absolute atomic E-state index is 0.125. The predicted octanol–water partition coefficient (Wildman–Crippen LogP) is 0.923. The number of ether oxygens (including phenoxy) is 1. The van der Waals surface area contributed by atoms with E-state index in [-0.39, 0.29) is 18.5 Å². The molecule has 2 rings (SSSR count). The quantitative estimate of drug-likeness (QED) is 0.844. The molecule has 1 aliphatic heterocycles. The Bertz CT molecular complexity index is 480. The molecule has 0 spiro atoms. The van der Waals surface area contributed by atoms with Gasteiger partial charge in [-0.2, -0.15) is 0 Å². The largest absolute Gasteiger partial charge is 0.357 e. The first kappa shape index (κ1) is 12.3. The summed E-state index contributed by atoms with van der Waals surface area (Å²) >= 11 is 0. The average Bonchev–Trinajstić information content (AvgIpc) is 2.63. The molecule has 2 amide bonds. The molecule has 0 aliphatic carbocycles. The van der Waals surface area contributed by atoms with Gasteiger partial charge in [-0.1, -0.05) is 6.08 Å². The molecule has 5 heteroatoms. The zero-order valence-electron chi connectivity index (χ0n) is 10.1. The van der Waals surface area contributed by atoms with E-state index in [0.29, 0.717) is 17.9 Å². The molecule has 0 bridgehead atoms. The van der Waals surface area contributed by atoms with Gasteiger partial charge in [0.2, 0.25) is 0 Å². The van der Waals surface area contributed by atoms with Gasteiger partial charge in [0.15, 0.2) is 0 Å². The second-order valence-electron chi connectivity index (χ2n) is 3.79. The molecule has 0 saturated heterocycles. The molecule has 0 unspecified atom stereocenters. The number of hydrogen-bond acceptors (Lipinski definition) is 3. The fourth-order valence-electron chi connectivity index (χ4n) is 1.65. The highest BCUT2D eigenvalue weighted by molar-refractivity contribution is 6.02. The summed E-state index contributed by atoms with van der Waals surface area (Å²) in [7, 11) is 1.58. The average molecular weight is 246 g/mol. The Hall–Kier alpha value is -2.14. The highest BCUT2D eigenvalue weighted by atomic mass is 16.5. The van der Waals surface area contributed by atoms with Gasteiger partial charge in [-0.05, 0) is 24.3 Å². The number of anilines is 1. The number of nitrogens with one attached hydrogen (secondary N) is 1. The molecule has 0 atom stereocenters. The Morgan fingerprint density at radius 2 is 2.06 bits per heavy atom. The SMILES string of the molecule is CNC(=O)c1ccc(N2COCC=CC2=O)cc1. The molecular formula is C13H14N2O3. The maximum absolute atomic E-state index is 11.8. The zero-order valence-corrected chi connectivity index (χ0v) is 10.1. The maximum Gasteiger partial charge on any atom is 0.252 e. The number of hydrogen-bond donors (Lipinski definition) is 1. The lowest BCUT2D eigenvalue weighted by Crippen LogP contribution is -2.30. The number of carbonyl (C=O) groups excluding carboxylic acids is 2. The van der Waals surface area contributed by atoms with Crippen molar-refractivity contribution in [2.45, 2.75) is 0 Å². The maximum atomic E-state index is 11.8. The van der Waals surface area contributed by atoms with Crippen molar-refractivity contribution in [2.75, 3.05) is 25.3 Å². The minimum atomic E-state index is -0.153. The second kappa shape index (κ2) is 5.46. The summed E-state index contributed by atoms with van der Waals surface area (Å²) in [6.45, 7) is 0.643. The van der Waals surface area contributed by atoms with Crippen LogP contribution in [0.5, 0.6) is 0 Å². The first-order valence-electron chi connectivity index (χ1n) is 5.60. The van der Waals surface area contributed by atoms with Crippen molar-refractivity contribution in [3.8, 4) is 0 Å². The monoisotopic (exact) mass is 246 g/mol. The predicted molar refractivity (Wildman–Crippen MR) is 67.3 cm³/mol. The van der Waals surface area contributed by atoms with Crippen LogP contribution in [0.15, 0.2) is 36.4 Å². The van der Waals surface area contributed by atoms with Gasteiger partial charge in [-0.25, -0.2) is 0 Å². The van der Waals surface area contributed by atoms with Crippen LogP contribution >= 0.6 is 0 Å². The van der Waals surface area contributed by atoms with E-state index in [1.807, 2.05) is 0 Å². The molecule has 1 heterocycles. The lowest BCUT2D eigenvalue weighted by molar-refractivity contribution is -0.114. The Morgan fingerprint density at radius 1 is 1.33 bits per heavy atom. The summed E-state index contributed by atoms with van der Waals surface area (Å²) in [6, 6.07) is 6.81. The van der Waals surface area contributed by atoms with Crippen molar-refractivity contribution in [3.05, 3.63) is 42.0 Å². The van der Waals surface area contributed by atoms with Crippen LogP contribution in [0.2, 0.25) is 0 Å². The molecule has 0 fully saturated rings. The number of benzene rings is 1. The number of carbonyl (C=O) groups is 2. The fraction of sp³-hybridized carbons (Fsp3) is 0.231. The molecular weight excluding hydrogens is 232 g/mol. The van der Waals surface area contributed by atoms with E-state index in [4.69, 9.17) is 4.74 Å². The van der Waals surface area contributed by atoms with Crippen LogP contribution < -0.4 is 10.2 Å². The van der Waals surface area contributed by atoms with Crippen molar-refractivity contribution in [1.29, 1.82) is 0 Å². The number of amides is 2. The topological polar surface area (TPSA) is 58.6 Å². The van der Waals surface area contributed by atoms with Gasteiger partial charge in [-0.3, -0.25) is 14.5 Å². The molecule has 1 aliphatic rings. The molecule has 0 aromatic heterocycles. The van der Waals surface area contributed by atoms with Gasteiger partial charge in [0.25, 0.3) is 11.8 Å². The van der Waals surface area contributed by atoms with Crippen LogP contribution in [0.4, 0.5) is 5.69 Å². The first-order valence-corrected chi connectivity index (χ1v) is 5.60. The molecule has 5 nitrogen and oxygen atoms in total. The third-order valence-electron chi connectivity index (χ3n) is 2.63. The lowest BCUT2D eigenvalue weighted by atomic mass is 10.2. The standard InChI is InChI=1S/C13H14N2O3/c1-14-13(17)10-4-6-11(7-5-10)15-9-18-8-2-3-12(15)16/h2-7H,8-9H2,1H3,(H,14,17). The van der Waals surface area contributed by atoms with E-state index in [1.54, 1.807) is 37.4 Å². The normalized spacial score (nSPS) is 15.4. The van der Waals surface area contributed by atoms with E-state index >= 15 is 0 Å². The van der Waals surface area contributed by atoms with Crippen LogP contribution in [-0.2, 0) is 9.53 Å². The third kappa shape index (κ3) is 2.57. The van der Waals surface area contributed by atoms with Crippen LogP contribution in [0, 0.1) is 0 Å². The summed E-state index contributed by atoms with van der Waals surface area (Å²) in [5.74, 6) is -0.278. The smallest absolute Gasteiger partial charge is 0.252 e. The summed E-state index contributed by atoms with van der Waals surface area (Å²) < 4.78 is 5.27. The minimum Gasteiger partial charge on any atom is -0.357 e. The summed E-state index contributed by atoms with van der Waals surface area (Å²) in [5, 5.41) is 2.54. The van der Waals surface area contributed by atoms with Gasteiger partial charge in [0, 0.05) is 24.4 Å². The number of nitrogens with zero attached hydrogens (tertiary/aromatic N) is 1. The van der Waals surface area contributed by atoms with Crippen LogP contribution in [-0.4, -0.2) is 32.2 Å². The molecule has 0 radical (unpaired) electrons. The van der Waals surface area contributed by atoms with Crippen molar-refractivity contribution in [2.24, 2.45) is 0 Å². The highest BCUT2D eigenvalue weighted by Crippen LogP contribution is 2.17. The Kier molecular flexibility index (Phi) is 3.74. The van der Waals surface area contributed by atoms with Crippen molar-refractivity contribution in [3.63, 3.8) is 0 Å². The molecule has 18 heavy (non-hydrogen) atoms. The van der Waals surface area contributed by atoms with Gasteiger partial charge < -0.3 is 10.1 Å². The molecule has 1 aromatic rings. The molecule has 0 saturated carbocycles. The summed E-state index contributed by atoms with van der Waals surface area (Å²) in [5.41, 5.74) is 1.26. The Labute approximate surface area is 105 Å². The zero-order chi connectivity index (χ0) is 13.0. The van der Waals surface area contributed by atoms with Crippen molar-refractivity contribution in [1.82, 2.24) is 5.32 Å². The van der Waals surface area contributed by atoms with Crippen molar-refractivity contribution < 1.29 is 14.3 Å². The third-order valence-corrected chi connectivity index (χ3v) is 2.63. The molecule has 1 N–H and O–H groups in total. The highest BCUT2D eigenvalue weighted by Gasteiger charge is 2.15. The van der Waals surface area contributed by atoms with Crippen LogP contribution in [0.3, 0.4) is 0 Å².